The Morgan fingerprint density at radius 1 is 1.60 bits per heavy atom. The second kappa shape index (κ2) is 4.12. The zero-order valence-electron chi connectivity index (χ0n) is 7.76. The molecule has 0 radical (unpaired) electrons. The molecule has 1 aliphatic heterocycles. The first-order valence-corrected chi connectivity index (χ1v) is 5.70. The third-order valence-corrected chi connectivity index (χ3v) is 3.40. The van der Waals surface area contributed by atoms with Crippen molar-refractivity contribution in [2.75, 3.05) is 6.54 Å². The summed E-state index contributed by atoms with van der Waals surface area (Å²) >= 11 is 9.31. The Morgan fingerprint density at radius 2 is 2.33 bits per heavy atom. The molecule has 1 heterocycles. The summed E-state index contributed by atoms with van der Waals surface area (Å²) in [6.45, 7) is 0.671. The highest BCUT2D eigenvalue weighted by molar-refractivity contribution is 9.10. The number of halogens is 2. The van der Waals surface area contributed by atoms with Gasteiger partial charge in [0.1, 0.15) is 6.04 Å². The van der Waals surface area contributed by atoms with Crippen molar-refractivity contribution in [2.24, 2.45) is 0 Å². The van der Waals surface area contributed by atoms with Crippen molar-refractivity contribution in [3.63, 3.8) is 0 Å². The summed E-state index contributed by atoms with van der Waals surface area (Å²) in [7, 11) is 0. The number of rotatable bonds is 1. The molecule has 2 N–H and O–H groups in total. The third-order valence-electron chi connectivity index (χ3n) is 2.48. The summed E-state index contributed by atoms with van der Waals surface area (Å²) in [6, 6.07) is 2.86. The molecule has 80 valence electrons. The molecule has 1 unspecified atom stereocenters. The van der Waals surface area contributed by atoms with E-state index in [-0.39, 0.29) is 0 Å². The van der Waals surface area contributed by atoms with Crippen molar-refractivity contribution in [3.8, 4) is 0 Å². The number of benzene rings is 1. The molecule has 0 bridgehead atoms. The molecule has 0 aliphatic carbocycles. The van der Waals surface area contributed by atoms with E-state index in [1.807, 2.05) is 0 Å². The van der Waals surface area contributed by atoms with Crippen LogP contribution < -0.4 is 5.32 Å². The second-order valence-corrected chi connectivity index (χ2v) is 4.72. The van der Waals surface area contributed by atoms with Crippen LogP contribution in [0, 0.1) is 0 Å². The first kappa shape index (κ1) is 10.9. The fourth-order valence-corrected chi connectivity index (χ4v) is 2.85. The number of hydrogen-bond acceptors (Lipinski definition) is 2. The van der Waals surface area contributed by atoms with E-state index < -0.39 is 12.0 Å². The lowest BCUT2D eigenvalue weighted by Crippen LogP contribution is -2.35. The van der Waals surface area contributed by atoms with Crippen LogP contribution in [0.2, 0.25) is 5.02 Å². The molecule has 0 aromatic heterocycles. The minimum atomic E-state index is -0.870. The van der Waals surface area contributed by atoms with E-state index in [1.165, 1.54) is 0 Å². The highest BCUT2D eigenvalue weighted by Crippen LogP contribution is 2.32. The Bertz CT molecular complexity index is 422. The zero-order valence-corrected chi connectivity index (χ0v) is 10.1. The first-order chi connectivity index (χ1) is 7.09. The van der Waals surface area contributed by atoms with Crippen LogP contribution in [0.1, 0.15) is 17.2 Å². The van der Waals surface area contributed by atoms with Gasteiger partial charge in [-0.15, -0.1) is 0 Å². The number of fused-ring (bicyclic) bond motifs is 1. The molecular formula is C10H9BrClNO2. The highest BCUT2D eigenvalue weighted by atomic mass is 79.9. The molecular weight excluding hydrogens is 281 g/mol. The maximum absolute atomic E-state index is 11.0. The average molecular weight is 291 g/mol. The van der Waals surface area contributed by atoms with Gasteiger partial charge in [-0.05, 0) is 29.7 Å². The van der Waals surface area contributed by atoms with Crippen molar-refractivity contribution in [1.82, 2.24) is 5.32 Å². The predicted octanol–water partition coefficient (Wildman–Crippen LogP) is 2.37. The SMILES string of the molecule is O=C(O)C1NCCc2c(Br)cc(Cl)cc21. The van der Waals surface area contributed by atoms with E-state index >= 15 is 0 Å². The molecule has 1 aromatic rings. The van der Waals surface area contributed by atoms with E-state index in [4.69, 9.17) is 16.7 Å². The molecule has 2 rings (SSSR count). The van der Waals surface area contributed by atoms with Crippen molar-refractivity contribution in [2.45, 2.75) is 12.5 Å². The van der Waals surface area contributed by atoms with Crippen LogP contribution in [0.15, 0.2) is 16.6 Å². The van der Waals surface area contributed by atoms with Gasteiger partial charge in [0.2, 0.25) is 0 Å². The Morgan fingerprint density at radius 3 is 3.00 bits per heavy atom. The summed E-state index contributed by atoms with van der Waals surface area (Å²) in [5, 5.41) is 12.5. The lowest BCUT2D eigenvalue weighted by molar-refractivity contribution is -0.139. The van der Waals surface area contributed by atoms with Gasteiger partial charge >= 0.3 is 5.97 Å². The predicted molar refractivity (Wildman–Crippen MR) is 61.2 cm³/mol. The Labute approximate surface area is 101 Å². The van der Waals surface area contributed by atoms with Crippen LogP contribution in [-0.2, 0) is 11.2 Å². The van der Waals surface area contributed by atoms with Crippen LogP contribution in [0.3, 0.4) is 0 Å². The van der Waals surface area contributed by atoms with Gasteiger partial charge in [0.15, 0.2) is 0 Å². The normalized spacial score (nSPS) is 19.7. The fourth-order valence-electron chi connectivity index (χ4n) is 1.82. The molecule has 15 heavy (non-hydrogen) atoms. The number of carboxylic acid groups (broad SMARTS) is 1. The monoisotopic (exact) mass is 289 g/mol. The summed E-state index contributed by atoms with van der Waals surface area (Å²) in [6.07, 6.45) is 0.816. The molecule has 0 amide bonds. The number of aliphatic carboxylic acids is 1. The van der Waals surface area contributed by atoms with Crippen molar-refractivity contribution in [1.29, 1.82) is 0 Å². The average Bonchev–Trinajstić information content (AvgIpc) is 2.16. The summed E-state index contributed by atoms with van der Waals surface area (Å²) in [5.41, 5.74) is 1.79. The number of carbonyl (C=O) groups is 1. The Hall–Kier alpha value is -0.580. The number of nitrogens with one attached hydrogen (secondary N) is 1. The standard InChI is InChI=1S/C10H9BrClNO2/c11-8-4-5(12)3-7-6(8)1-2-13-9(7)10(14)15/h3-4,9,13H,1-2H2,(H,14,15). The van der Waals surface area contributed by atoms with E-state index in [0.717, 1.165) is 22.0 Å². The summed E-state index contributed by atoms with van der Waals surface area (Å²) < 4.78 is 0.887. The van der Waals surface area contributed by atoms with Gasteiger partial charge in [0.25, 0.3) is 0 Å². The van der Waals surface area contributed by atoms with E-state index in [2.05, 4.69) is 21.2 Å². The van der Waals surface area contributed by atoms with E-state index in [9.17, 15) is 4.79 Å². The third kappa shape index (κ3) is 2.02. The molecule has 1 aliphatic rings. The molecule has 3 nitrogen and oxygen atoms in total. The van der Waals surface area contributed by atoms with Crippen molar-refractivity contribution in [3.05, 3.63) is 32.8 Å². The van der Waals surface area contributed by atoms with Gasteiger partial charge in [-0.3, -0.25) is 4.79 Å². The van der Waals surface area contributed by atoms with Crippen LogP contribution in [0.4, 0.5) is 0 Å². The minimum absolute atomic E-state index is 0.551. The zero-order chi connectivity index (χ0) is 11.0. The summed E-state index contributed by atoms with van der Waals surface area (Å²) in [5.74, 6) is -0.870. The van der Waals surface area contributed by atoms with E-state index in [1.54, 1.807) is 12.1 Å². The first-order valence-electron chi connectivity index (χ1n) is 4.53. The van der Waals surface area contributed by atoms with Crippen LogP contribution in [0.25, 0.3) is 0 Å². The van der Waals surface area contributed by atoms with Gasteiger partial charge in [0, 0.05) is 16.0 Å². The van der Waals surface area contributed by atoms with Gasteiger partial charge in [-0.1, -0.05) is 27.5 Å². The molecule has 1 aromatic carbocycles. The molecule has 5 heteroatoms. The molecule has 1 atom stereocenters. The molecule has 0 fully saturated rings. The van der Waals surface area contributed by atoms with E-state index in [0.29, 0.717) is 11.6 Å². The van der Waals surface area contributed by atoms with Gasteiger partial charge in [-0.25, -0.2) is 0 Å². The maximum Gasteiger partial charge on any atom is 0.325 e. The summed E-state index contributed by atoms with van der Waals surface area (Å²) in [4.78, 5) is 11.0. The largest absolute Gasteiger partial charge is 0.480 e. The van der Waals surface area contributed by atoms with Gasteiger partial charge in [-0.2, -0.15) is 0 Å². The molecule has 0 spiro atoms. The van der Waals surface area contributed by atoms with Crippen LogP contribution in [-0.4, -0.2) is 17.6 Å². The number of carboxylic acids is 1. The quantitative estimate of drug-likeness (QED) is 0.835. The van der Waals surface area contributed by atoms with Gasteiger partial charge in [0.05, 0.1) is 0 Å². The molecule has 0 saturated heterocycles. The van der Waals surface area contributed by atoms with Crippen LogP contribution in [0.5, 0.6) is 0 Å². The Kier molecular flexibility index (Phi) is 3.00. The highest BCUT2D eigenvalue weighted by Gasteiger charge is 2.27. The van der Waals surface area contributed by atoms with Crippen molar-refractivity contribution >= 4 is 33.5 Å². The lowest BCUT2D eigenvalue weighted by Gasteiger charge is -2.24. The fraction of sp³-hybridized carbons (Fsp3) is 0.300. The minimum Gasteiger partial charge on any atom is -0.480 e. The second-order valence-electron chi connectivity index (χ2n) is 3.43. The smallest absolute Gasteiger partial charge is 0.325 e. The lowest BCUT2D eigenvalue weighted by atomic mass is 9.94. The molecule has 0 saturated carbocycles. The Balaban J connectivity index is 2.55. The van der Waals surface area contributed by atoms with Gasteiger partial charge < -0.3 is 10.4 Å². The maximum atomic E-state index is 11.0. The van der Waals surface area contributed by atoms with Crippen LogP contribution >= 0.6 is 27.5 Å². The number of hydrogen-bond donors (Lipinski definition) is 2. The topological polar surface area (TPSA) is 49.3 Å². The van der Waals surface area contributed by atoms with Crippen molar-refractivity contribution < 1.29 is 9.90 Å².